The SMILES string of the molecule is O=Cc1cccn1[C@H]1C[C@H](O)[C@@H](COP(=O)(O)OP(=O)(O)OP(=O)(O)O)O1. The van der Waals surface area contributed by atoms with Crippen molar-refractivity contribution in [3.8, 4) is 0 Å². The molecule has 0 aliphatic carbocycles. The highest BCUT2D eigenvalue weighted by atomic mass is 31.3. The maximum Gasteiger partial charge on any atom is 0.490 e. The number of phosphoric acid groups is 3. The lowest BCUT2D eigenvalue weighted by Gasteiger charge is -2.19. The topological polar surface area (TPSA) is 211 Å². The van der Waals surface area contributed by atoms with Gasteiger partial charge in [-0.3, -0.25) is 9.32 Å². The van der Waals surface area contributed by atoms with Crippen molar-refractivity contribution in [3.05, 3.63) is 24.0 Å². The lowest BCUT2D eigenvalue weighted by molar-refractivity contribution is -0.0436. The summed E-state index contributed by atoms with van der Waals surface area (Å²) in [5.41, 5.74) is 0.265. The Balaban J connectivity index is 1.95. The summed E-state index contributed by atoms with van der Waals surface area (Å²) in [4.78, 5) is 46.2. The zero-order chi connectivity index (χ0) is 20.5. The van der Waals surface area contributed by atoms with Gasteiger partial charge in [-0.15, -0.1) is 0 Å². The van der Waals surface area contributed by atoms with E-state index >= 15 is 0 Å². The second-order valence-electron chi connectivity index (χ2n) is 5.28. The number of ether oxygens (including phenoxy) is 1. The second-order valence-corrected chi connectivity index (χ2v) is 9.70. The number of phosphoric ester groups is 1. The molecule has 1 aliphatic rings. The zero-order valence-electron chi connectivity index (χ0n) is 13.2. The Morgan fingerprint density at radius 3 is 2.44 bits per heavy atom. The van der Waals surface area contributed by atoms with Crippen LogP contribution < -0.4 is 0 Å². The third-order valence-electron chi connectivity index (χ3n) is 3.26. The van der Waals surface area contributed by atoms with E-state index in [4.69, 9.17) is 19.4 Å². The predicted octanol–water partition coefficient (Wildman–Crippen LogP) is 0.292. The minimum absolute atomic E-state index is 0.0138. The number of aromatic nitrogens is 1. The van der Waals surface area contributed by atoms with Crippen LogP contribution in [0, 0.1) is 0 Å². The summed E-state index contributed by atoms with van der Waals surface area (Å²) in [5, 5.41) is 9.95. The first-order chi connectivity index (χ1) is 12.3. The molecule has 0 amide bonds. The van der Waals surface area contributed by atoms with Gasteiger partial charge >= 0.3 is 23.5 Å². The Kier molecular flexibility index (Phi) is 6.97. The van der Waals surface area contributed by atoms with Gasteiger partial charge in [0.2, 0.25) is 0 Å². The number of hydrogen-bond acceptors (Lipinski definition) is 9. The van der Waals surface area contributed by atoms with Crippen LogP contribution in [0.1, 0.15) is 23.1 Å². The van der Waals surface area contributed by atoms with Crippen LogP contribution in [0.15, 0.2) is 18.3 Å². The fourth-order valence-electron chi connectivity index (χ4n) is 2.28. The third-order valence-corrected chi connectivity index (χ3v) is 7.07. The number of aliphatic hydroxyl groups is 1. The molecule has 0 saturated carbocycles. The predicted molar refractivity (Wildman–Crippen MR) is 84.2 cm³/mol. The van der Waals surface area contributed by atoms with E-state index in [1.807, 2.05) is 0 Å². The molecule has 14 nitrogen and oxygen atoms in total. The van der Waals surface area contributed by atoms with Crippen molar-refractivity contribution in [2.24, 2.45) is 0 Å². The summed E-state index contributed by atoms with van der Waals surface area (Å²) in [6.45, 7) is -0.779. The molecule has 0 radical (unpaired) electrons. The van der Waals surface area contributed by atoms with Crippen LogP contribution >= 0.6 is 23.5 Å². The summed E-state index contributed by atoms with van der Waals surface area (Å²) in [6, 6.07) is 3.07. The maximum absolute atomic E-state index is 11.6. The number of carbonyl (C=O) groups is 1. The van der Waals surface area contributed by atoms with Crippen molar-refractivity contribution >= 4 is 29.8 Å². The largest absolute Gasteiger partial charge is 0.490 e. The molecule has 5 N–H and O–H groups in total. The number of rotatable bonds is 9. The maximum atomic E-state index is 11.6. The minimum Gasteiger partial charge on any atom is -0.390 e. The number of hydrogen-bond donors (Lipinski definition) is 5. The molecule has 0 bridgehead atoms. The first-order valence-corrected chi connectivity index (χ1v) is 11.6. The van der Waals surface area contributed by atoms with E-state index in [2.05, 4.69) is 13.1 Å². The summed E-state index contributed by atoms with van der Waals surface area (Å²) >= 11 is 0. The summed E-state index contributed by atoms with van der Waals surface area (Å²) < 4.78 is 51.8. The van der Waals surface area contributed by atoms with Gasteiger partial charge in [0.1, 0.15) is 12.3 Å². The Labute approximate surface area is 151 Å². The molecule has 17 heteroatoms. The van der Waals surface area contributed by atoms with E-state index in [9.17, 15) is 28.5 Å². The van der Waals surface area contributed by atoms with Gasteiger partial charge in [-0.25, -0.2) is 13.7 Å². The van der Waals surface area contributed by atoms with Crippen LogP contribution in [0.2, 0.25) is 0 Å². The summed E-state index contributed by atoms with van der Waals surface area (Å²) in [5.74, 6) is 0. The molecule has 1 aromatic heterocycles. The molecule has 2 unspecified atom stereocenters. The Hall–Kier alpha value is -0.720. The molecule has 1 aromatic rings. The lowest BCUT2D eigenvalue weighted by atomic mass is 10.2. The van der Waals surface area contributed by atoms with Crippen LogP contribution in [0.3, 0.4) is 0 Å². The Morgan fingerprint density at radius 2 is 1.85 bits per heavy atom. The first kappa shape index (κ1) is 22.6. The van der Waals surface area contributed by atoms with Crippen molar-refractivity contribution in [1.29, 1.82) is 0 Å². The fraction of sp³-hybridized carbons (Fsp3) is 0.500. The Bertz CT molecular complexity index is 817. The van der Waals surface area contributed by atoms with Crippen molar-refractivity contribution in [2.75, 3.05) is 6.61 Å². The minimum atomic E-state index is -5.62. The van der Waals surface area contributed by atoms with Gasteiger partial charge in [0.15, 0.2) is 6.29 Å². The molecule has 154 valence electrons. The highest BCUT2D eigenvalue weighted by Crippen LogP contribution is 2.66. The molecule has 1 saturated heterocycles. The van der Waals surface area contributed by atoms with Gasteiger partial charge in [0.05, 0.1) is 18.4 Å². The van der Waals surface area contributed by atoms with Crippen molar-refractivity contribution in [1.82, 2.24) is 4.57 Å². The highest BCUT2D eigenvalue weighted by molar-refractivity contribution is 7.66. The van der Waals surface area contributed by atoms with Gasteiger partial charge < -0.3 is 34.0 Å². The van der Waals surface area contributed by atoms with Crippen LogP contribution in [-0.4, -0.2) is 54.3 Å². The summed E-state index contributed by atoms with van der Waals surface area (Å²) in [7, 11) is -16.4. The van der Waals surface area contributed by atoms with E-state index in [1.165, 1.54) is 16.8 Å². The van der Waals surface area contributed by atoms with Crippen LogP contribution in [0.5, 0.6) is 0 Å². The van der Waals surface area contributed by atoms with E-state index < -0.39 is 48.5 Å². The quantitative estimate of drug-likeness (QED) is 0.253. The lowest BCUT2D eigenvalue weighted by Crippen LogP contribution is -2.26. The first-order valence-electron chi connectivity index (χ1n) is 7.06. The molecular weight excluding hydrogens is 435 g/mol. The number of carbonyl (C=O) groups excluding carboxylic acids is 1. The van der Waals surface area contributed by atoms with Crippen LogP contribution in [0.25, 0.3) is 0 Å². The van der Waals surface area contributed by atoms with Crippen LogP contribution in [-0.2, 0) is 31.6 Å². The normalized spacial score (nSPS) is 27.8. The van der Waals surface area contributed by atoms with Gasteiger partial charge in [0.25, 0.3) is 0 Å². The third kappa shape index (κ3) is 6.68. The van der Waals surface area contributed by atoms with Crippen LogP contribution in [0.4, 0.5) is 0 Å². The average Bonchev–Trinajstić information content (AvgIpc) is 3.07. The molecule has 5 atom stereocenters. The monoisotopic (exact) mass is 451 g/mol. The Morgan fingerprint density at radius 1 is 1.19 bits per heavy atom. The molecule has 0 aromatic carbocycles. The molecule has 0 spiro atoms. The van der Waals surface area contributed by atoms with E-state index in [0.717, 1.165) is 0 Å². The molecule has 1 aliphatic heterocycles. The van der Waals surface area contributed by atoms with E-state index in [1.54, 1.807) is 6.07 Å². The van der Waals surface area contributed by atoms with Gasteiger partial charge in [0, 0.05) is 12.6 Å². The number of aliphatic hydroxyl groups excluding tert-OH is 1. The van der Waals surface area contributed by atoms with Gasteiger partial charge in [-0.2, -0.15) is 8.62 Å². The molecule has 2 heterocycles. The number of nitrogens with zero attached hydrogens (tertiary/aromatic N) is 1. The van der Waals surface area contributed by atoms with Gasteiger partial charge in [-0.05, 0) is 12.1 Å². The highest BCUT2D eigenvalue weighted by Gasteiger charge is 2.42. The smallest absolute Gasteiger partial charge is 0.390 e. The van der Waals surface area contributed by atoms with Gasteiger partial charge in [-0.1, -0.05) is 0 Å². The van der Waals surface area contributed by atoms with E-state index in [0.29, 0.717) is 6.29 Å². The fourth-order valence-corrected chi connectivity index (χ4v) is 5.31. The number of aldehydes is 1. The molecular formula is C10H16NO13P3. The van der Waals surface area contributed by atoms with Crippen molar-refractivity contribution in [2.45, 2.75) is 24.9 Å². The molecule has 27 heavy (non-hydrogen) atoms. The standard InChI is InChI=1S/C10H16NO13P3/c12-5-7-2-1-3-11(7)10-4-8(13)9(22-10)6-21-26(17,18)24-27(19,20)23-25(14,15)16/h1-3,5,8-10,13H,4,6H2,(H,17,18)(H,19,20)(H2,14,15,16)/t8-,9+,10+/m0/s1. The molecule has 2 rings (SSSR count). The molecule has 1 fully saturated rings. The van der Waals surface area contributed by atoms with Crippen molar-refractivity contribution < 1.29 is 61.1 Å². The average molecular weight is 451 g/mol. The zero-order valence-corrected chi connectivity index (χ0v) is 15.9. The summed E-state index contributed by atoms with van der Waals surface area (Å²) in [6.07, 6.45) is -1.02. The van der Waals surface area contributed by atoms with Crippen molar-refractivity contribution in [3.63, 3.8) is 0 Å². The van der Waals surface area contributed by atoms with E-state index in [-0.39, 0.29) is 12.1 Å². The second kappa shape index (κ2) is 8.34.